The van der Waals surface area contributed by atoms with E-state index in [0.29, 0.717) is 18.8 Å². The van der Waals surface area contributed by atoms with Gasteiger partial charge in [-0.15, -0.1) is 0 Å². The minimum absolute atomic E-state index is 0.0314. The standard InChI is InChI=1S/C19H21BrN4O2/c1-11(2)16-15(20)17(23-22-16)19(25)24-9-7-12(8-10-24)18-21-13-5-3-4-6-14(13)26-18/h3-6,11-12H,7-10H2,1-2H3,(H,22,23). The second kappa shape index (κ2) is 6.87. The van der Waals surface area contributed by atoms with E-state index < -0.39 is 0 Å². The lowest BCUT2D eigenvalue weighted by molar-refractivity contribution is 0.0700. The van der Waals surface area contributed by atoms with E-state index in [2.05, 4.69) is 45.0 Å². The number of rotatable bonds is 3. The van der Waals surface area contributed by atoms with Crippen LogP contribution in [0.15, 0.2) is 33.2 Å². The molecule has 1 fully saturated rings. The van der Waals surface area contributed by atoms with E-state index in [1.165, 1.54) is 0 Å². The molecule has 0 saturated carbocycles. The van der Waals surface area contributed by atoms with Crippen molar-refractivity contribution in [3.8, 4) is 0 Å². The number of aromatic nitrogens is 3. The van der Waals surface area contributed by atoms with Crippen molar-refractivity contribution in [3.05, 3.63) is 46.0 Å². The monoisotopic (exact) mass is 416 g/mol. The summed E-state index contributed by atoms with van der Waals surface area (Å²) < 4.78 is 6.67. The zero-order chi connectivity index (χ0) is 18.3. The first-order valence-electron chi connectivity index (χ1n) is 8.93. The zero-order valence-corrected chi connectivity index (χ0v) is 16.4. The number of H-pyrrole nitrogens is 1. The molecule has 1 aliphatic heterocycles. The lowest BCUT2D eigenvalue weighted by atomic mass is 9.96. The number of nitrogens with zero attached hydrogens (tertiary/aromatic N) is 3. The van der Waals surface area contributed by atoms with Gasteiger partial charge in [0, 0.05) is 19.0 Å². The number of aromatic amines is 1. The summed E-state index contributed by atoms with van der Waals surface area (Å²) in [6, 6.07) is 7.81. The van der Waals surface area contributed by atoms with Crippen LogP contribution < -0.4 is 0 Å². The second-order valence-corrected chi connectivity index (χ2v) is 7.83. The first-order chi connectivity index (χ1) is 12.5. The van der Waals surface area contributed by atoms with Gasteiger partial charge in [-0.2, -0.15) is 5.10 Å². The number of likely N-dealkylation sites (tertiary alicyclic amines) is 1. The van der Waals surface area contributed by atoms with Crippen LogP contribution in [0.5, 0.6) is 0 Å². The SMILES string of the molecule is CC(C)c1[nH]nc(C(=O)N2CCC(c3nc4ccccc4o3)CC2)c1Br. The molecule has 3 heterocycles. The van der Waals surface area contributed by atoms with E-state index in [1.54, 1.807) is 0 Å². The largest absolute Gasteiger partial charge is 0.440 e. The maximum atomic E-state index is 12.8. The number of benzene rings is 1. The van der Waals surface area contributed by atoms with Gasteiger partial charge in [-0.3, -0.25) is 9.89 Å². The summed E-state index contributed by atoms with van der Waals surface area (Å²) in [5, 5.41) is 7.20. The summed E-state index contributed by atoms with van der Waals surface area (Å²) in [7, 11) is 0. The van der Waals surface area contributed by atoms with E-state index in [1.807, 2.05) is 29.2 Å². The van der Waals surface area contributed by atoms with Crippen LogP contribution in [0, 0.1) is 0 Å². The predicted octanol–water partition coefficient (Wildman–Crippen LogP) is 4.46. The molecule has 26 heavy (non-hydrogen) atoms. The Labute approximate surface area is 160 Å². The van der Waals surface area contributed by atoms with E-state index in [4.69, 9.17) is 4.42 Å². The Morgan fingerprint density at radius 2 is 2.04 bits per heavy atom. The first-order valence-corrected chi connectivity index (χ1v) is 9.72. The molecule has 0 aliphatic carbocycles. The highest BCUT2D eigenvalue weighted by Gasteiger charge is 2.30. The number of nitrogens with one attached hydrogen (secondary N) is 1. The maximum Gasteiger partial charge on any atom is 0.275 e. The molecule has 1 N–H and O–H groups in total. The Hall–Kier alpha value is -2.15. The van der Waals surface area contributed by atoms with Gasteiger partial charge in [0.25, 0.3) is 5.91 Å². The number of hydrogen-bond acceptors (Lipinski definition) is 4. The number of oxazole rings is 1. The van der Waals surface area contributed by atoms with E-state index in [-0.39, 0.29) is 17.7 Å². The molecular formula is C19H21BrN4O2. The van der Waals surface area contributed by atoms with Gasteiger partial charge in [0.15, 0.2) is 17.2 Å². The third-order valence-corrected chi connectivity index (χ3v) is 5.76. The third-order valence-electron chi connectivity index (χ3n) is 4.95. The van der Waals surface area contributed by atoms with Gasteiger partial charge >= 0.3 is 0 Å². The van der Waals surface area contributed by atoms with Crippen molar-refractivity contribution in [2.24, 2.45) is 0 Å². The van der Waals surface area contributed by atoms with Crippen LogP contribution in [-0.2, 0) is 0 Å². The van der Waals surface area contributed by atoms with Crippen molar-refractivity contribution in [3.63, 3.8) is 0 Å². The van der Waals surface area contributed by atoms with Gasteiger partial charge in [-0.05, 0) is 46.8 Å². The molecule has 1 saturated heterocycles. The fourth-order valence-electron chi connectivity index (χ4n) is 3.41. The quantitative estimate of drug-likeness (QED) is 0.683. The van der Waals surface area contributed by atoms with Gasteiger partial charge in [-0.25, -0.2) is 4.98 Å². The molecule has 0 unspecified atom stereocenters. The lowest BCUT2D eigenvalue weighted by Crippen LogP contribution is -2.38. The van der Waals surface area contributed by atoms with Crippen LogP contribution in [0.2, 0.25) is 0 Å². The van der Waals surface area contributed by atoms with Crippen molar-refractivity contribution >= 4 is 32.9 Å². The number of fused-ring (bicyclic) bond motifs is 1. The Kier molecular flexibility index (Phi) is 4.56. The van der Waals surface area contributed by atoms with Gasteiger partial charge in [0.1, 0.15) is 5.52 Å². The molecule has 0 spiro atoms. The highest BCUT2D eigenvalue weighted by Crippen LogP contribution is 2.32. The smallest absolute Gasteiger partial charge is 0.275 e. The van der Waals surface area contributed by atoms with Crippen molar-refractivity contribution in [2.45, 2.75) is 38.5 Å². The molecule has 6 nitrogen and oxygen atoms in total. The number of carbonyl (C=O) groups excluding carboxylic acids is 1. The molecule has 1 amide bonds. The van der Waals surface area contributed by atoms with Crippen molar-refractivity contribution in [1.82, 2.24) is 20.1 Å². The van der Waals surface area contributed by atoms with Crippen LogP contribution in [0.3, 0.4) is 0 Å². The summed E-state index contributed by atoms with van der Waals surface area (Å²) >= 11 is 3.52. The summed E-state index contributed by atoms with van der Waals surface area (Å²) in [5.41, 5.74) is 3.13. The molecule has 7 heteroatoms. The molecule has 0 bridgehead atoms. The zero-order valence-electron chi connectivity index (χ0n) is 14.8. The third kappa shape index (κ3) is 3.05. The molecule has 1 aromatic carbocycles. The summed E-state index contributed by atoms with van der Waals surface area (Å²) in [5.74, 6) is 1.28. The summed E-state index contributed by atoms with van der Waals surface area (Å²) in [6.07, 6.45) is 1.69. The average molecular weight is 417 g/mol. The molecule has 0 radical (unpaired) electrons. The molecule has 0 atom stereocenters. The topological polar surface area (TPSA) is 75.0 Å². The first kappa shape index (κ1) is 17.3. The molecule has 4 rings (SSSR count). The Morgan fingerprint density at radius 3 is 2.69 bits per heavy atom. The van der Waals surface area contributed by atoms with Crippen molar-refractivity contribution in [1.29, 1.82) is 0 Å². The molecule has 2 aromatic heterocycles. The van der Waals surface area contributed by atoms with Gasteiger partial charge in [-0.1, -0.05) is 26.0 Å². The normalized spacial score (nSPS) is 15.9. The van der Waals surface area contributed by atoms with Crippen LogP contribution in [0.4, 0.5) is 0 Å². The number of para-hydroxylation sites is 2. The van der Waals surface area contributed by atoms with Crippen molar-refractivity contribution in [2.75, 3.05) is 13.1 Å². The van der Waals surface area contributed by atoms with Crippen molar-refractivity contribution < 1.29 is 9.21 Å². The fourth-order valence-corrected chi connectivity index (χ4v) is 4.21. The number of carbonyl (C=O) groups is 1. The van der Waals surface area contributed by atoms with Crippen LogP contribution in [0.25, 0.3) is 11.1 Å². The summed E-state index contributed by atoms with van der Waals surface area (Å²) in [6.45, 7) is 5.49. The number of halogens is 1. The van der Waals surface area contributed by atoms with Crippen LogP contribution in [-0.4, -0.2) is 39.1 Å². The minimum atomic E-state index is -0.0314. The minimum Gasteiger partial charge on any atom is -0.440 e. The predicted molar refractivity (Wildman–Crippen MR) is 102 cm³/mol. The average Bonchev–Trinajstić information content (AvgIpc) is 3.24. The van der Waals surface area contributed by atoms with Gasteiger partial charge in [0.05, 0.1) is 10.2 Å². The highest BCUT2D eigenvalue weighted by atomic mass is 79.9. The van der Waals surface area contributed by atoms with Gasteiger partial charge in [0.2, 0.25) is 0 Å². The van der Waals surface area contributed by atoms with Crippen LogP contribution in [0.1, 0.15) is 60.6 Å². The lowest BCUT2D eigenvalue weighted by Gasteiger charge is -2.30. The van der Waals surface area contributed by atoms with E-state index in [0.717, 1.165) is 40.0 Å². The Morgan fingerprint density at radius 1 is 1.31 bits per heavy atom. The molecular weight excluding hydrogens is 396 g/mol. The number of piperidine rings is 1. The molecule has 136 valence electrons. The molecule has 3 aromatic rings. The van der Waals surface area contributed by atoms with Crippen LogP contribution >= 0.6 is 15.9 Å². The Balaban J connectivity index is 1.45. The maximum absolute atomic E-state index is 12.8. The van der Waals surface area contributed by atoms with Gasteiger partial charge < -0.3 is 9.32 Å². The fraction of sp³-hybridized carbons (Fsp3) is 0.421. The highest BCUT2D eigenvalue weighted by molar-refractivity contribution is 9.10. The Bertz CT molecular complexity index is 905. The number of amides is 1. The summed E-state index contributed by atoms with van der Waals surface area (Å²) in [4.78, 5) is 19.3. The molecule has 1 aliphatic rings. The number of hydrogen-bond donors (Lipinski definition) is 1. The van der Waals surface area contributed by atoms with E-state index in [9.17, 15) is 4.79 Å². The second-order valence-electron chi connectivity index (χ2n) is 7.04. The van der Waals surface area contributed by atoms with E-state index >= 15 is 0 Å².